The molecule has 0 spiro atoms. The van der Waals surface area contributed by atoms with Crippen LogP contribution in [0.1, 0.15) is 24.7 Å². The highest BCUT2D eigenvalue weighted by atomic mass is 15.3. The van der Waals surface area contributed by atoms with E-state index in [1.165, 1.54) is 0 Å². The normalized spacial score (nSPS) is 11.2. The molecular weight excluding hydrogens is 336 g/mol. The number of nitrogens with zero attached hydrogens (tertiary/aromatic N) is 5. The molecule has 1 aromatic carbocycles. The number of imidazole rings is 1. The summed E-state index contributed by atoms with van der Waals surface area (Å²) in [6.45, 7) is 5.97. The van der Waals surface area contributed by atoms with E-state index < -0.39 is 0 Å². The lowest BCUT2D eigenvalue weighted by atomic mass is 10.0. The van der Waals surface area contributed by atoms with Crippen LogP contribution in [0.15, 0.2) is 55.1 Å². The molecule has 0 aliphatic heterocycles. The molecule has 0 aliphatic carbocycles. The molecule has 6 nitrogen and oxygen atoms in total. The Balaban J connectivity index is 1.64. The highest BCUT2D eigenvalue weighted by molar-refractivity contribution is 5.81. The minimum absolute atomic E-state index is 0.860. The number of hydrogen-bond donors (Lipinski definition) is 1. The molecule has 4 rings (SSSR count). The van der Waals surface area contributed by atoms with Gasteiger partial charge in [0, 0.05) is 42.8 Å². The number of rotatable bonds is 7. The standard InChI is InChI=1S/C21H24N6/c1-3-18-20(17-8-5-4-6-9-17)21-24-16(2)14-19(27(21)25-18)23-10-7-12-26-13-11-22-15-26/h4-6,8-9,11,13-15,23H,3,7,10,12H2,1-2H3. The van der Waals surface area contributed by atoms with E-state index in [1.807, 2.05) is 36.2 Å². The van der Waals surface area contributed by atoms with E-state index in [1.54, 1.807) is 0 Å². The van der Waals surface area contributed by atoms with E-state index in [9.17, 15) is 0 Å². The van der Waals surface area contributed by atoms with Crippen LogP contribution in [0.2, 0.25) is 0 Å². The monoisotopic (exact) mass is 360 g/mol. The maximum atomic E-state index is 4.85. The first kappa shape index (κ1) is 17.3. The van der Waals surface area contributed by atoms with Gasteiger partial charge in [0.2, 0.25) is 0 Å². The molecule has 0 fully saturated rings. The fraction of sp³-hybridized carbons (Fsp3) is 0.286. The molecule has 3 heterocycles. The highest BCUT2D eigenvalue weighted by Crippen LogP contribution is 2.29. The lowest BCUT2D eigenvalue weighted by Crippen LogP contribution is -2.10. The van der Waals surface area contributed by atoms with E-state index >= 15 is 0 Å². The molecule has 138 valence electrons. The van der Waals surface area contributed by atoms with E-state index in [0.717, 1.165) is 59.9 Å². The Morgan fingerprint density at radius 1 is 1.15 bits per heavy atom. The Bertz CT molecular complexity index is 1020. The quantitative estimate of drug-likeness (QED) is 0.507. The summed E-state index contributed by atoms with van der Waals surface area (Å²) in [7, 11) is 0. The van der Waals surface area contributed by atoms with Gasteiger partial charge >= 0.3 is 0 Å². The van der Waals surface area contributed by atoms with Gasteiger partial charge in [-0.3, -0.25) is 0 Å². The van der Waals surface area contributed by atoms with Crippen LogP contribution in [0.5, 0.6) is 0 Å². The zero-order valence-corrected chi connectivity index (χ0v) is 15.8. The molecule has 0 saturated carbocycles. The summed E-state index contributed by atoms with van der Waals surface area (Å²) in [5, 5.41) is 8.39. The van der Waals surface area contributed by atoms with Crippen LogP contribution in [0.3, 0.4) is 0 Å². The van der Waals surface area contributed by atoms with Crippen molar-refractivity contribution >= 4 is 11.5 Å². The van der Waals surface area contributed by atoms with Crippen molar-refractivity contribution in [3.63, 3.8) is 0 Å². The Morgan fingerprint density at radius 3 is 2.74 bits per heavy atom. The Kier molecular flexibility index (Phi) is 4.87. The van der Waals surface area contributed by atoms with Crippen molar-refractivity contribution in [2.75, 3.05) is 11.9 Å². The summed E-state index contributed by atoms with van der Waals surface area (Å²) in [6, 6.07) is 12.5. The molecule has 4 aromatic rings. The summed E-state index contributed by atoms with van der Waals surface area (Å²) in [5.74, 6) is 0.986. The second kappa shape index (κ2) is 7.61. The third kappa shape index (κ3) is 3.56. The number of nitrogens with one attached hydrogen (secondary N) is 1. The third-order valence-corrected chi connectivity index (χ3v) is 4.65. The Labute approximate surface area is 158 Å². The molecule has 0 radical (unpaired) electrons. The lowest BCUT2D eigenvalue weighted by molar-refractivity contribution is 0.658. The molecule has 6 heteroatoms. The van der Waals surface area contributed by atoms with Gasteiger partial charge in [0.1, 0.15) is 5.82 Å². The van der Waals surface area contributed by atoms with Crippen LogP contribution in [-0.2, 0) is 13.0 Å². The fourth-order valence-electron chi connectivity index (χ4n) is 3.35. The zero-order valence-electron chi connectivity index (χ0n) is 15.8. The van der Waals surface area contributed by atoms with Gasteiger partial charge in [-0.15, -0.1) is 0 Å². The van der Waals surface area contributed by atoms with E-state index in [-0.39, 0.29) is 0 Å². The molecule has 0 saturated heterocycles. The smallest absolute Gasteiger partial charge is 0.165 e. The Hall–Kier alpha value is -3.15. The molecule has 3 aromatic heterocycles. The van der Waals surface area contributed by atoms with Crippen molar-refractivity contribution in [2.45, 2.75) is 33.2 Å². The molecule has 0 amide bonds. The number of fused-ring (bicyclic) bond motifs is 1. The summed E-state index contributed by atoms with van der Waals surface area (Å²) in [6.07, 6.45) is 7.52. The second-order valence-corrected chi connectivity index (χ2v) is 6.64. The first-order chi connectivity index (χ1) is 13.3. The van der Waals surface area contributed by atoms with Gasteiger partial charge in [0.15, 0.2) is 5.65 Å². The number of aryl methyl sites for hydroxylation is 3. The van der Waals surface area contributed by atoms with Gasteiger partial charge in [-0.25, -0.2) is 9.97 Å². The van der Waals surface area contributed by atoms with Crippen LogP contribution in [0.4, 0.5) is 5.82 Å². The highest BCUT2D eigenvalue weighted by Gasteiger charge is 2.17. The van der Waals surface area contributed by atoms with Crippen molar-refractivity contribution in [2.24, 2.45) is 0 Å². The van der Waals surface area contributed by atoms with Crippen LogP contribution < -0.4 is 5.32 Å². The van der Waals surface area contributed by atoms with Crippen molar-refractivity contribution in [3.05, 3.63) is 66.5 Å². The lowest BCUT2D eigenvalue weighted by Gasteiger charge is -2.10. The molecule has 0 atom stereocenters. The van der Waals surface area contributed by atoms with Crippen LogP contribution in [0, 0.1) is 6.92 Å². The van der Waals surface area contributed by atoms with Crippen molar-refractivity contribution in [3.8, 4) is 11.1 Å². The van der Waals surface area contributed by atoms with E-state index in [0.29, 0.717) is 0 Å². The SMILES string of the molecule is CCc1nn2c(NCCCn3ccnc3)cc(C)nc2c1-c1ccccc1. The summed E-state index contributed by atoms with van der Waals surface area (Å²) in [5.41, 5.74) is 5.26. The minimum atomic E-state index is 0.860. The number of benzene rings is 1. The summed E-state index contributed by atoms with van der Waals surface area (Å²) >= 11 is 0. The summed E-state index contributed by atoms with van der Waals surface area (Å²) in [4.78, 5) is 8.88. The fourth-order valence-corrected chi connectivity index (χ4v) is 3.35. The molecule has 0 unspecified atom stereocenters. The molecule has 27 heavy (non-hydrogen) atoms. The van der Waals surface area contributed by atoms with E-state index in [2.05, 4.69) is 52.1 Å². The molecule has 1 N–H and O–H groups in total. The maximum Gasteiger partial charge on any atom is 0.165 e. The average molecular weight is 360 g/mol. The largest absolute Gasteiger partial charge is 0.370 e. The third-order valence-electron chi connectivity index (χ3n) is 4.65. The average Bonchev–Trinajstić information content (AvgIpc) is 3.33. The van der Waals surface area contributed by atoms with Crippen molar-refractivity contribution < 1.29 is 0 Å². The summed E-state index contributed by atoms with van der Waals surface area (Å²) < 4.78 is 4.04. The van der Waals surface area contributed by atoms with Crippen LogP contribution >= 0.6 is 0 Å². The second-order valence-electron chi connectivity index (χ2n) is 6.64. The first-order valence-electron chi connectivity index (χ1n) is 9.40. The van der Waals surface area contributed by atoms with Crippen LogP contribution in [0.25, 0.3) is 16.8 Å². The van der Waals surface area contributed by atoms with Crippen molar-refractivity contribution in [1.82, 2.24) is 24.1 Å². The van der Waals surface area contributed by atoms with Crippen LogP contribution in [-0.4, -0.2) is 30.7 Å². The molecule has 0 bridgehead atoms. The van der Waals surface area contributed by atoms with Gasteiger partial charge in [-0.05, 0) is 25.3 Å². The zero-order chi connectivity index (χ0) is 18.6. The van der Waals surface area contributed by atoms with Gasteiger partial charge < -0.3 is 9.88 Å². The van der Waals surface area contributed by atoms with E-state index in [4.69, 9.17) is 10.1 Å². The number of aromatic nitrogens is 5. The molecule has 0 aliphatic rings. The number of hydrogen-bond acceptors (Lipinski definition) is 4. The van der Waals surface area contributed by atoms with Crippen molar-refractivity contribution in [1.29, 1.82) is 0 Å². The Morgan fingerprint density at radius 2 is 2.00 bits per heavy atom. The minimum Gasteiger partial charge on any atom is -0.370 e. The topological polar surface area (TPSA) is 60.0 Å². The first-order valence-corrected chi connectivity index (χ1v) is 9.40. The van der Waals surface area contributed by atoms with Gasteiger partial charge in [0.05, 0.1) is 12.0 Å². The predicted molar refractivity (Wildman–Crippen MR) is 108 cm³/mol. The van der Waals surface area contributed by atoms with Gasteiger partial charge in [-0.1, -0.05) is 37.3 Å². The van der Waals surface area contributed by atoms with Gasteiger partial charge in [-0.2, -0.15) is 9.61 Å². The predicted octanol–water partition coefficient (Wildman–Crippen LogP) is 3.97. The number of anilines is 1. The maximum absolute atomic E-state index is 4.85. The molecular formula is C21H24N6. The van der Waals surface area contributed by atoms with Gasteiger partial charge in [0.25, 0.3) is 0 Å².